The number of carbonyl (C=O) groups is 1. The van der Waals surface area contributed by atoms with E-state index in [1.54, 1.807) is 13.8 Å². The van der Waals surface area contributed by atoms with Gasteiger partial charge in [0.1, 0.15) is 5.82 Å². The van der Waals surface area contributed by atoms with Gasteiger partial charge in [0.2, 0.25) is 5.88 Å². The summed E-state index contributed by atoms with van der Waals surface area (Å²) in [6, 6.07) is 0. The summed E-state index contributed by atoms with van der Waals surface area (Å²) in [5.41, 5.74) is 0.399. The van der Waals surface area contributed by atoms with Gasteiger partial charge in [-0.3, -0.25) is 4.79 Å². The molecule has 1 heterocycles. The lowest BCUT2D eigenvalue weighted by Crippen LogP contribution is -2.07. The van der Waals surface area contributed by atoms with Gasteiger partial charge < -0.3 is 14.8 Å². The Morgan fingerprint density at radius 2 is 2.38 bits per heavy atom. The minimum Gasteiger partial charge on any atom is -0.492 e. The Morgan fingerprint density at radius 1 is 1.69 bits per heavy atom. The first-order valence-electron chi connectivity index (χ1n) is 4.03. The van der Waals surface area contributed by atoms with Crippen molar-refractivity contribution in [2.75, 3.05) is 6.61 Å². The lowest BCUT2D eigenvalue weighted by molar-refractivity contribution is -0.142. The Bertz CT molecular complexity index is 306. The topological polar surface area (TPSA) is 75.2 Å². The van der Waals surface area contributed by atoms with Gasteiger partial charge in [0.15, 0.2) is 0 Å². The van der Waals surface area contributed by atoms with Crippen LogP contribution in [0.3, 0.4) is 0 Å². The fourth-order valence-electron chi connectivity index (χ4n) is 1.01. The van der Waals surface area contributed by atoms with Crippen LogP contribution in [-0.4, -0.2) is 27.7 Å². The van der Waals surface area contributed by atoms with Crippen LogP contribution in [0, 0.1) is 6.92 Å². The number of esters is 1. The van der Waals surface area contributed by atoms with Gasteiger partial charge >= 0.3 is 5.97 Å². The number of aryl methyl sites for hydroxylation is 1. The van der Waals surface area contributed by atoms with Crippen molar-refractivity contribution < 1.29 is 14.6 Å². The number of carbonyl (C=O) groups excluding carboxylic acids is 1. The van der Waals surface area contributed by atoms with Gasteiger partial charge in [-0.05, 0) is 13.8 Å². The zero-order chi connectivity index (χ0) is 9.84. The van der Waals surface area contributed by atoms with Crippen molar-refractivity contribution in [2.45, 2.75) is 20.3 Å². The first-order valence-corrected chi connectivity index (χ1v) is 4.03. The van der Waals surface area contributed by atoms with Crippen LogP contribution in [0.5, 0.6) is 5.88 Å². The first-order chi connectivity index (χ1) is 6.13. The number of aromatic amines is 1. The number of aromatic nitrogens is 2. The first kappa shape index (κ1) is 9.57. The van der Waals surface area contributed by atoms with Gasteiger partial charge in [0.25, 0.3) is 0 Å². The van der Waals surface area contributed by atoms with E-state index < -0.39 is 0 Å². The van der Waals surface area contributed by atoms with Gasteiger partial charge in [-0.15, -0.1) is 0 Å². The minimum atomic E-state index is -0.374. The maximum Gasteiger partial charge on any atom is 0.311 e. The largest absolute Gasteiger partial charge is 0.492 e. The third kappa shape index (κ3) is 2.47. The van der Waals surface area contributed by atoms with Crippen molar-refractivity contribution in [1.29, 1.82) is 0 Å². The molecule has 0 aliphatic carbocycles. The zero-order valence-corrected chi connectivity index (χ0v) is 7.63. The second-order valence-corrected chi connectivity index (χ2v) is 2.61. The normalized spacial score (nSPS) is 10.0. The second kappa shape index (κ2) is 3.93. The fraction of sp³-hybridized carbons (Fsp3) is 0.500. The van der Waals surface area contributed by atoms with E-state index in [1.165, 1.54) is 0 Å². The van der Waals surface area contributed by atoms with E-state index >= 15 is 0 Å². The summed E-state index contributed by atoms with van der Waals surface area (Å²) in [5, 5.41) is 9.20. The highest BCUT2D eigenvalue weighted by atomic mass is 16.5. The van der Waals surface area contributed by atoms with Crippen molar-refractivity contribution in [3.8, 4) is 5.88 Å². The highest BCUT2D eigenvalue weighted by Gasteiger charge is 2.11. The van der Waals surface area contributed by atoms with E-state index in [4.69, 9.17) is 4.74 Å². The SMILES string of the molecule is CCOC(=O)Cc1[nH]c(C)nc1O. The summed E-state index contributed by atoms with van der Waals surface area (Å²) in [6.07, 6.45) is 0.0283. The molecular formula is C8H12N2O3. The van der Waals surface area contributed by atoms with Gasteiger partial charge in [-0.1, -0.05) is 0 Å². The van der Waals surface area contributed by atoms with Crippen LogP contribution in [0.4, 0.5) is 0 Å². The summed E-state index contributed by atoms with van der Waals surface area (Å²) < 4.78 is 4.71. The molecule has 72 valence electrons. The predicted octanol–water partition coefficient (Wildman–Crippen LogP) is 0.529. The van der Waals surface area contributed by atoms with Crippen LogP contribution in [0.15, 0.2) is 0 Å². The quantitative estimate of drug-likeness (QED) is 0.672. The molecule has 0 saturated heterocycles. The summed E-state index contributed by atoms with van der Waals surface area (Å²) in [6.45, 7) is 3.77. The van der Waals surface area contributed by atoms with E-state index in [0.29, 0.717) is 18.1 Å². The third-order valence-electron chi connectivity index (χ3n) is 1.50. The van der Waals surface area contributed by atoms with E-state index in [-0.39, 0.29) is 18.3 Å². The van der Waals surface area contributed by atoms with Crippen molar-refractivity contribution in [1.82, 2.24) is 9.97 Å². The Labute approximate surface area is 75.8 Å². The molecule has 0 amide bonds. The monoisotopic (exact) mass is 184 g/mol. The van der Waals surface area contributed by atoms with Crippen molar-refractivity contribution in [3.63, 3.8) is 0 Å². The molecule has 0 spiro atoms. The molecule has 1 aromatic rings. The van der Waals surface area contributed by atoms with Gasteiger partial charge in [-0.2, -0.15) is 4.98 Å². The molecule has 0 unspecified atom stereocenters. The molecule has 5 nitrogen and oxygen atoms in total. The summed E-state index contributed by atoms with van der Waals surface area (Å²) >= 11 is 0. The Kier molecular flexibility index (Phi) is 2.89. The van der Waals surface area contributed by atoms with Crippen molar-refractivity contribution in [3.05, 3.63) is 11.5 Å². The van der Waals surface area contributed by atoms with E-state index in [2.05, 4.69) is 9.97 Å². The standard InChI is InChI=1S/C8H12N2O3/c1-3-13-7(11)4-6-8(12)10-5(2)9-6/h12H,3-4H2,1-2H3,(H,9,10). The number of rotatable bonds is 3. The van der Waals surface area contributed by atoms with Gasteiger partial charge in [-0.25, -0.2) is 0 Å². The number of hydrogen-bond acceptors (Lipinski definition) is 4. The summed E-state index contributed by atoms with van der Waals surface area (Å²) in [4.78, 5) is 17.5. The molecule has 0 aliphatic rings. The zero-order valence-electron chi connectivity index (χ0n) is 7.63. The second-order valence-electron chi connectivity index (χ2n) is 2.61. The summed E-state index contributed by atoms with van der Waals surface area (Å²) in [5.74, 6) is 0.0730. The molecule has 13 heavy (non-hydrogen) atoms. The van der Waals surface area contributed by atoms with Crippen molar-refractivity contribution in [2.24, 2.45) is 0 Å². The van der Waals surface area contributed by atoms with Crippen LogP contribution >= 0.6 is 0 Å². The average molecular weight is 184 g/mol. The molecule has 0 aliphatic heterocycles. The van der Waals surface area contributed by atoms with Gasteiger partial charge in [0, 0.05) is 0 Å². The van der Waals surface area contributed by atoms with E-state index in [0.717, 1.165) is 0 Å². The molecule has 0 fully saturated rings. The Hall–Kier alpha value is -1.52. The number of nitrogens with one attached hydrogen (secondary N) is 1. The molecule has 1 rings (SSSR count). The van der Waals surface area contributed by atoms with Crippen LogP contribution in [0.2, 0.25) is 0 Å². The van der Waals surface area contributed by atoms with Crippen LogP contribution < -0.4 is 0 Å². The number of ether oxygens (including phenoxy) is 1. The Balaban J connectivity index is 2.63. The molecular weight excluding hydrogens is 172 g/mol. The minimum absolute atomic E-state index is 0.0283. The maximum atomic E-state index is 11.0. The highest BCUT2D eigenvalue weighted by molar-refractivity contribution is 5.72. The van der Waals surface area contributed by atoms with Gasteiger partial charge in [0.05, 0.1) is 18.7 Å². The lowest BCUT2D eigenvalue weighted by atomic mass is 10.3. The summed E-state index contributed by atoms with van der Waals surface area (Å²) in [7, 11) is 0. The lowest BCUT2D eigenvalue weighted by Gasteiger charge is -1.98. The molecule has 0 radical (unpaired) electrons. The van der Waals surface area contributed by atoms with Crippen LogP contribution in [0.1, 0.15) is 18.4 Å². The van der Waals surface area contributed by atoms with E-state index in [1.807, 2.05) is 0 Å². The van der Waals surface area contributed by atoms with Crippen LogP contribution in [-0.2, 0) is 16.0 Å². The molecule has 0 aromatic carbocycles. The third-order valence-corrected chi connectivity index (χ3v) is 1.50. The smallest absolute Gasteiger partial charge is 0.311 e. The number of H-pyrrole nitrogens is 1. The van der Waals surface area contributed by atoms with Crippen molar-refractivity contribution >= 4 is 5.97 Å². The van der Waals surface area contributed by atoms with E-state index in [9.17, 15) is 9.90 Å². The predicted molar refractivity (Wildman–Crippen MR) is 45.3 cm³/mol. The molecule has 0 atom stereocenters. The number of nitrogens with zero attached hydrogens (tertiary/aromatic N) is 1. The maximum absolute atomic E-state index is 11.0. The highest BCUT2D eigenvalue weighted by Crippen LogP contribution is 2.13. The number of imidazole rings is 1. The Morgan fingerprint density at radius 3 is 2.85 bits per heavy atom. The number of hydrogen-bond donors (Lipinski definition) is 2. The fourth-order valence-corrected chi connectivity index (χ4v) is 1.01. The molecule has 2 N–H and O–H groups in total. The average Bonchev–Trinajstić information content (AvgIpc) is 2.30. The molecule has 0 bridgehead atoms. The molecule has 0 saturated carbocycles. The van der Waals surface area contributed by atoms with Crippen LogP contribution in [0.25, 0.3) is 0 Å². The molecule has 5 heteroatoms. The molecule has 1 aromatic heterocycles. The number of aromatic hydroxyl groups is 1.